The van der Waals surface area contributed by atoms with Crippen LogP contribution < -0.4 is 5.32 Å². The van der Waals surface area contributed by atoms with Crippen molar-refractivity contribution in [3.05, 3.63) is 24.3 Å². The lowest BCUT2D eigenvalue weighted by Crippen LogP contribution is -2.53. The summed E-state index contributed by atoms with van der Waals surface area (Å²) in [5, 5.41) is 43.8. The third-order valence-corrected chi connectivity index (χ3v) is 13.9. The Balaban J connectivity index is 3.52. The molecule has 0 bridgehead atoms. The van der Waals surface area contributed by atoms with Crippen molar-refractivity contribution < 1.29 is 25.2 Å². The second-order valence-corrected chi connectivity index (χ2v) is 20.3. The number of aliphatic hydroxyl groups excluding tert-OH is 4. The molecule has 386 valence electrons. The lowest BCUT2D eigenvalue weighted by atomic mass is 10.00. The summed E-state index contributed by atoms with van der Waals surface area (Å²) in [7, 11) is 0. The molecule has 0 aliphatic carbocycles. The molecular weight excluding hydrogens is 803 g/mol. The molecule has 5 N–H and O–H groups in total. The molecule has 0 spiro atoms. The van der Waals surface area contributed by atoms with Crippen molar-refractivity contribution in [2.45, 2.75) is 340 Å². The number of amides is 1. The van der Waals surface area contributed by atoms with Gasteiger partial charge in [-0.2, -0.15) is 0 Å². The van der Waals surface area contributed by atoms with Gasteiger partial charge in [0.2, 0.25) is 5.91 Å². The van der Waals surface area contributed by atoms with Crippen molar-refractivity contribution in [2.75, 3.05) is 6.61 Å². The Morgan fingerprint density at radius 1 is 0.369 bits per heavy atom. The fourth-order valence-electron chi connectivity index (χ4n) is 9.29. The van der Waals surface area contributed by atoms with Gasteiger partial charge in [0, 0.05) is 0 Å². The molecule has 6 nitrogen and oxygen atoms in total. The Labute approximate surface area is 405 Å². The number of rotatable bonds is 54. The SMILES string of the molecule is CCCCCCCCCC/C=C/CCCC(O)C(O)C(CO)NC(=O)C(O)CCCCCCCCCCCCCCCCCC/C=C\CCCCCCCCCCCCCCCCCC. The highest BCUT2D eigenvalue weighted by atomic mass is 16.3. The van der Waals surface area contributed by atoms with Gasteiger partial charge >= 0.3 is 0 Å². The van der Waals surface area contributed by atoms with E-state index >= 15 is 0 Å². The number of nitrogens with one attached hydrogen (secondary N) is 1. The molecular formula is C59H115NO5. The topological polar surface area (TPSA) is 110 Å². The number of hydrogen-bond acceptors (Lipinski definition) is 5. The maximum absolute atomic E-state index is 12.6. The van der Waals surface area contributed by atoms with E-state index in [4.69, 9.17) is 0 Å². The molecule has 4 atom stereocenters. The molecule has 0 radical (unpaired) electrons. The Kier molecular flexibility index (Phi) is 52.7. The van der Waals surface area contributed by atoms with E-state index in [1.165, 1.54) is 250 Å². The molecule has 0 aromatic heterocycles. The summed E-state index contributed by atoms with van der Waals surface area (Å²) in [6.07, 6.45) is 65.7. The molecule has 0 aromatic rings. The summed E-state index contributed by atoms with van der Waals surface area (Å²) < 4.78 is 0. The predicted molar refractivity (Wildman–Crippen MR) is 284 cm³/mol. The maximum Gasteiger partial charge on any atom is 0.249 e. The minimum atomic E-state index is -1.28. The monoisotopic (exact) mass is 918 g/mol. The van der Waals surface area contributed by atoms with Crippen molar-refractivity contribution in [1.82, 2.24) is 5.32 Å². The van der Waals surface area contributed by atoms with Gasteiger partial charge in [0.05, 0.1) is 18.8 Å². The minimum absolute atomic E-state index is 0.366. The van der Waals surface area contributed by atoms with Gasteiger partial charge in [0.25, 0.3) is 0 Å². The summed E-state index contributed by atoms with van der Waals surface area (Å²) >= 11 is 0. The number of unbranched alkanes of at least 4 members (excludes halogenated alkanes) is 41. The van der Waals surface area contributed by atoms with Gasteiger partial charge in [-0.15, -0.1) is 0 Å². The van der Waals surface area contributed by atoms with Gasteiger partial charge in [-0.3, -0.25) is 4.79 Å². The summed E-state index contributed by atoms with van der Waals surface area (Å²) in [6.45, 7) is 4.06. The van der Waals surface area contributed by atoms with Crippen molar-refractivity contribution in [2.24, 2.45) is 0 Å². The molecule has 0 rings (SSSR count). The van der Waals surface area contributed by atoms with Crippen LogP contribution in [0.2, 0.25) is 0 Å². The van der Waals surface area contributed by atoms with Crippen molar-refractivity contribution in [1.29, 1.82) is 0 Å². The van der Waals surface area contributed by atoms with Crippen LogP contribution in [0.5, 0.6) is 0 Å². The number of allylic oxidation sites excluding steroid dienone is 4. The van der Waals surface area contributed by atoms with Gasteiger partial charge < -0.3 is 25.7 Å². The summed E-state index contributed by atoms with van der Waals surface area (Å²) in [5.41, 5.74) is 0. The first-order chi connectivity index (χ1) is 32.0. The van der Waals surface area contributed by atoms with Crippen LogP contribution in [0, 0.1) is 0 Å². The van der Waals surface area contributed by atoms with Gasteiger partial charge in [0.1, 0.15) is 12.2 Å². The highest BCUT2D eigenvalue weighted by Crippen LogP contribution is 2.18. The summed E-state index contributed by atoms with van der Waals surface area (Å²) in [6, 6.07) is -0.999. The van der Waals surface area contributed by atoms with Crippen molar-refractivity contribution >= 4 is 5.91 Å². The number of carbonyl (C=O) groups is 1. The lowest BCUT2D eigenvalue weighted by Gasteiger charge is -2.27. The van der Waals surface area contributed by atoms with E-state index in [2.05, 4.69) is 43.5 Å². The van der Waals surface area contributed by atoms with E-state index in [1.807, 2.05) is 0 Å². The standard InChI is InChI=1S/C59H115NO5/c1-3-5-7-9-11-13-15-17-18-19-20-21-22-23-24-25-26-27-28-29-30-31-32-33-34-35-36-37-38-39-41-43-45-47-49-51-53-57(63)59(65)60-55(54-61)58(64)56(62)52-50-48-46-44-42-40-16-14-12-10-8-6-4-2/h27-28,44,46,55-58,61-64H,3-26,29-43,45,47-54H2,1-2H3,(H,60,65)/b28-27-,46-44+. The molecule has 0 aliphatic heterocycles. The quantitative estimate of drug-likeness (QED) is 0.0308. The van der Waals surface area contributed by atoms with E-state index in [9.17, 15) is 25.2 Å². The molecule has 1 amide bonds. The minimum Gasteiger partial charge on any atom is -0.394 e. The Bertz CT molecular complexity index is 986. The molecule has 4 unspecified atom stereocenters. The third-order valence-electron chi connectivity index (χ3n) is 13.9. The average Bonchev–Trinajstić information content (AvgIpc) is 3.31. The highest BCUT2D eigenvalue weighted by Gasteiger charge is 2.28. The van der Waals surface area contributed by atoms with E-state index in [1.54, 1.807) is 0 Å². The molecule has 65 heavy (non-hydrogen) atoms. The zero-order valence-corrected chi connectivity index (χ0v) is 43.8. The second kappa shape index (κ2) is 53.7. The van der Waals surface area contributed by atoms with Gasteiger partial charge in [-0.25, -0.2) is 0 Å². The summed E-state index contributed by atoms with van der Waals surface area (Å²) in [4.78, 5) is 12.6. The molecule has 0 heterocycles. The fraction of sp³-hybridized carbons (Fsp3) is 0.915. The molecule has 0 saturated heterocycles. The smallest absolute Gasteiger partial charge is 0.249 e. The van der Waals surface area contributed by atoms with E-state index < -0.39 is 36.9 Å². The Morgan fingerprint density at radius 3 is 0.923 bits per heavy atom. The third kappa shape index (κ3) is 47.6. The zero-order valence-electron chi connectivity index (χ0n) is 43.8. The number of hydrogen-bond donors (Lipinski definition) is 5. The van der Waals surface area contributed by atoms with Gasteiger partial charge in [-0.05, 0) is 64.2 Å². The van der Waals surface area contributed by atoms with Crippen molar-refractivity contribution in [3.63, 3.8) is 0 Å². The maximum atomic E-state index is 12.6. The lowest BCUT2D eigenvalue weighted by molar-refractivity contribution is -0.132. The van der Waals surface area contributed by atoms with Crippen LogP contribution in [0.3, 0.4) is 0 Å². The van der Waals surface area contributed by atoms with Gasteiger partial charge in [0.15, 0.2) is 0 Å². The van der Waals surface area contributed by atoms with E-state index in [0.29, 0.717) is 12.8 Å². The van der Waals surface area contributed by atoms with Crippen LogP contribution in [0.4, 0.5) is 0 Å². The summed E-state index contributed by atoms with van der Waals surface area (Å²) in [5.74, 6) is -0.590. The van der Waals surface area contributed by atoms with Crippen LogP contribution in [0.15, 0.2) is 24.3 Å². The van der Waals surface area contributed by atoms with E-state index in [0.717, 1.165) is 38.5 Å². The normalized spacial score (nSPS) is 13.9. The first-order valence-corrected chi connectivity index (χ1v) is 29.2. The second-order valence-electron chi connectivity index (χ2n) is 20.3. The van der Waals surface area contributed by atoms with Crippen LogP contribution in [-0.2, 0) is 4.79 Å². The highest BCUT2D eigenvalue weighted by molar-refractivity contribution is 5.80. The first kappa shape index (κ1) is 63.8. The van der Waals surface area contributed by atoms with Crippen LogP contribution in [-0.4, -0.2) is 57.3 Å². The predicted octanol–water partition coefficient (Wildman–Crippen LogP) is 17.0. The average molecular weight is 919 g/mol. The molecule has 0 saturated carbocycles. The Morgan fingerprint density at radius 2 is 0.631 bits per heavy atom. The number of aliphatic hydroxyl groups is 4. The molecule has 0 aromatic carbocycles. The Hall–Kier alpha value is -1.21. The largest absolute Gasteiger partial charge is 0.394 e. The number of carbonyl (C=O) groups excluding carboxylic acids is 1. The van der Waals surface area contributed by atoms with E-state index in [-0.39, 0.29) is 0 Å². The molecule has 0 fully saturated rings. The van der Waals surface area contributed by atoms with Crippen molar-refractivity contribution in [3.8, 4) is 0 Å². The fourth-order valence-corrected chi connectivity index (χ4v) is 9.29. The van der Waals surface area contributed by atoms with Crippen LogP contribution in [0.25, 0.3) is 0 Å². The van der Waals surface area contributed by atoms with Crippen LogP contribution >= 0.6 is 0 Å². The van der Waals surface area contributed by atoms with Crippen LogP contribution in [0.1, 0.15) is 316 Å². The van der Waals surface area contributed by atoms with Gasteiger partial charge in [-0.1, -0.05) is 276 Å². The first-order valence-electron chi connectivity index (χ1n) is 29.2. The molecule has 6 heteroatoms. The molecule has 0 aliphatic rings. The zero-order chi connectivity index (χ0) is 47.4.